The number of aromatic nitrogens is 1. The van der Waals surface area contributed by atoms with Gasteiger partial charge in [0, 0.05) is 10.9 Å². The lowest BCUT2D eigenvalue weighted by Crippen LogP contribution is -2.11. The van der Waals surface area contributed by atoms with Crippen molar-refractivity contribution >= 4 is 10.9 Å². The lowest BCUT2D eigenvalue weighted by atomic mass is 9.98. The van der Waals surface area contributed by atoms with Gasteiger partial charge in [0.1, 0.15) is 0 Å². The van der Waals surface area contributed by atoms with E-state index >= 15 is 0 Å². The van der Waals surface area contributed by atoms with Crippen LogP contribution in [0.15, 0.2) is 41.2 Å². The van der Waals surface area contributed by atoms with Crippen LogP contribution < -0.4 is 19.8 Å². The molecule has 0 aliphatic carbocycles. The monoisotopic (exact) mass is 325 g/mol. The second-order valence-corrected chi connectivity index (χ2v) is 5.41. The van der Waals surface area contributed by atoms with Gasteiger partial charge in [-0.2, -0.15) is 0 Å². The largest absolute Gasteiger partial charge is 0.493 e. The molecule has 3 aromatic rings. The highest BCUT2D eigenvalue weighted by molar-refractivity contribution is 5.88. The van der Waals surface area contributed by atoms with Gasteiger partial charge in [-0.05, 0) is 36.2 Å². The van der Waals surface area contributed by atoms with Crippen LogP contribution in [0.25, 0.3) is 22.0 Å². The standard InChI is InChI=1S/C19H19NO4/c1-11-13-7-5-6-8-14(13)20-19(21)17(11)12-9-15(22-2)18(24-4)16(10-12)23-3/h5-10H,1-4H3,(H,20,21). The molecule has 0 spiro atoms. The molecule has 0 aliphatic rings. The van der Waals surface area contributed by atoms with E-state index in [9.17, 15) is 4.79 Å². The molecule has 24 heavy (non-hydrogen) atoms. The molecule has 0 saturated carbocycles. The fourth-order valence-electron chi connectivity index (χ4n) is 2.98. The molecule has 1 heterocycles. The fourth-order valence-corrected chi connectivity index (χ4v) is 2.98. The summed E-state index contributed by atoms with van der Waals surface area (Å²) in [6, 6.07) is 11.3. The maximum Gasteiger partial charge on any atom is 0.256 e. The quantitative estimate of drug-likeness (QED) is 0.797. The number of H-pyrrole nitrogens is 1. The van der Waals surface area contributed by atoms with Gasteiger partial charge in [0.25, 0.3) is 5.56 Å². The first-order valence-corrected chi connectivity index (χ1v) is 7.52. The van der Waals surface area contributed by atoms with E-state index in [1.54, 1.807) is 33.5 Å². The first-order chi connectivity index (χ1) is 11.6. The predicted molar refractivity (Wildman–Crippen MR) is 94.4 cm³/mol. The highest BCUT2D eigenvalue weighted by Gasteiger charge is 2.18. The van der Waals surface area contributed by atoms with Gasteiger partial charge in [-0.3, -0.25) is 4.79 Å². The van der Waals surface area contributed by atoms with E-state index < -0.39 is 0 Å². The van der Waals surface area contributed by atoms with E-state index in [1.807, 2.05) is 31.2 Å². The number of para-hydroxylation sites is 1. The van der Waals surface area contributed by atoms with Crippen LogP contribution in [-0.2, 0) is 0 Å². The zero-order chi connectivity index (χ0) is 17.3. The second kappa shape index (κ2) is 6.28. The lowest BCUT2D eigenvalue weighted by Gasteiger charge is -2.15. The number of benzene rings is 2. The van der Waals surface area contributed by atoms with E-state index in [1.165, 1.54) is 0 Å². The van der Waals surface area contributed by atoms with E-state index in [-0.39, 0.29) is 5.56 Å². The molecule has 0 radical (unpaired) electrons. The Balaban J connectivity index is 2.34. The average molecular weight is 325 g/mol. The third-order valence-corrected chi connectivity index (χ3v) is 4.13. The highest BCUT2D eigenvalue weighted by atomic mass is 16.5. The number of pyridine rings is 1. The molecule has 0 fully saturated rings. The van der Waals surface area contributed by atoms with Crippen molar-refractivity contribution in [3.05, 3.63) is 52.3 Å². The number of hydrogen-bond donors (Lipinski definition) is 1. The highest BCUT2D eigenvalue weighted by Crippen LogP contribution is 2.41. The van der Waals surface area contributed by atoms with Gasteiger partial charge >= 0.3 is 0 Å². The minimum atomic E-state index is -0.152. The van der Waals surface area contributed by atoms with Crippen LogP contribution in [0, 0.1) is 6.92 Å². The molecule has 5 nitrogen and oxygen atoms in total. The molecule has 0 saturated heterocycles. The van der Waals surface area contributed by atoms with Gasteiger partial charge in [-0.25, -0.2) is 0 Å². The van der Waals surface area contributed by atoms with Crippen molar-refractivity contribution in [1.82, 2.24) is 4.98 Å². The number of fused-ring (bicyclic) bond motifs is 1. The number of nitrogens with one attached hydrogen (secondary N) is 1. The third-order valence-electron chi connectivity index (χ3n) is 4.13. The van der Waals surface area contributed by atoms with Crippen LogP contribution in [0.4, 0.5) is 0 Å². The summed E-state index contributed by atoms with van der Waals surface area (Å²) in [5, 5.41) is 1.00. The minimum Gasteiger partial charge on any atom is -0.493 e. The SMILES string of the molecule is COc1cc(-c2c(C)c3ccccc3[nH]c2=O)cc(OC)c1OC. The number of hydrogen-bond acceptors (Lipinski definition) is 4. The Morgan fingerprint density at radius 1 is 0.917 bits per heavy atom. The summed E-state index contributed by atoms with van der Waals surface area (Å²) in [5.41, 5.74) is 2.88. The van der Waals surface area contributed by atoms with Crippen LogP contribution in [0.2, 0.25) is 0 Å². The summed E-state index contributed by atoms with van der Waals surface area (Å²) in [7, 11) is 4.66. The number of rotatable bonds is 4. The lowest BCUT2D eigenvalue weighted by molar-refractivity contribution is 0.324. The molecular formula is C19H19NO4. The Morgan fingerprint density at radius 2 is 1.54 bits per heavy atom. The first kappa shape index (κ1) is 15.9. The zero-order valence-electron chi connectivity index (χ0n) is 14.1. The molecule has 5 heteroatoms. The summed E-state index contributed by atoms with van der Waals surface area (Å²) in [6.45, 7) is 1.94. The second-order valence-electron chi connectivity index (χ2n) is 5.41. The minimum absolute atomic E-state index is 0.152. The number of methoxy groups -OCH3 is 3. The molecular weight excluding hydrogens is 306 g/mol. The van der Waals surface area contributed by atoms with Gasteiger partial charge in [0.05, 0.1) is 26.9 Å². The zero-order valence-corrected chi connectivity index (χ0v) is 14.1. The van der Waals surface area contributed by atoms with Crippen molar-refractivity contribution in [2.45, 2.75) is 6.92 Å². The molecule has 2 aromatic carbocycles. The molecule has 0 amide bonds. The van der Waals surface area contributed by atoms with E-state index in [4.69, 9.17) is 14.2 Å². The number of ether oxygens (including phenoxy) is 3. The van der Waals surface area contributed by atoms with Gasteiger partial charge in [-0.15, -0.1) is 0 Å². The normalized spacial score (nSPS) is 10.7. The number of aromatic amines is 1. The van der Waals surface area contributed by atoms with E-state index in [2.05, 4.69) is 4.98 Å². The topological polar surface area (TPSA) is 60.6 Å². The third kappa shape index (κ3) is 2.48. The van der Waals surface area contributed by atoms with Crippen LogP contribution in [0.1, 0.15) is 5.56 Å². The van der Waals surface area contributed by atoms with Crippen molar-refractivity contribution in [2.75, 3.05) is 21.3 Å². The summed E-state index contributed by atoms with van der Waals surface area (Å²) < 4.78 is 16.1. The summed E-state index contributed by atoms with van der Waals surface area (Å²) in [4.78, 5) is 15.6. The molecule has 0 unspecified atom stereocenters. The Labute approximate surface area is 139 Å². The maximum atomic E-state index is 12.6. The van der Waals surface area contributed by atoms with Gasteiger partial charge in [0.15, 0.2) is 11.5 Å². The molecule has 0 aliphatic heterocycles. The van der Waals surface area contributed by atoms with Crippen molar-refractivity contribution in [2.24, 2.45) is 0 Å². The Morgan fingerprint density at radius 3 is 2.12 bits per heavy atom. The predicted octanol–water partition coefficient (Wildman–Crippen LogP) is 3.53. The van der Waals surface area contributed by atoms with Crippen LogP contribution in [-0.4, -0.2) is 26.3 Å². The van der Waals surface area contributed by atoms with Gasteiger partial charge < -0.3 is 19.2 Å². The van der Waals surface area contributed by atoms with Gasteiger partial charge in [-0.1, -0.05) is 18.2 Å². The van der Waals surface area contributed by atoms with Gasteiger partial charge in [0.2, 0.25) is 5.75 Å². The number of aryl methyl sites for hydroxylation is 1. The summed E-state index contributed by atoms with van der Waals surface area (Å²) >= 11 is 0. The van der Waals surface area contributed by atoms with Crippen LogP contribution in [0.3, 0.4) is 0 Å². The first-order valence-electron chi connectivity index (χ1n) is 7.52. The molecule has 3 rings (SSSR count). The Kier molecular flexibility index (Phi) is 4.16. The van der Waals surface area contributed by atoms with E-state index in [0.29, 0.717) is 28.4 Å². The maximum absolute atomic E-state index is 12.6. The summed E-state index contributed by atoms with van der Waals surface area (Å²) in [6.07, 6.45) is 0. The van der Waals surface area contributed by atoms with Crippen molar-refractivity contribution in [1.29, 1.82) is 0 Å². The fraction of sp³-hybridized carbons (Fsp3) is 0.211. The Hall–Kier alpha value is -2.95. The Bertz CT molecular complexity index is 934. The summed E-state index contributed by atoms with van der Waals surface area (Å²) in [5.74, 6) is 1.52. The van der Waals surface area contributed by atoms with Crippen LogP contribution in [0.5, 0.6) is 17.2 Å². The molecule has 1 aromatic heterocycles. The van der Waals surface area contributed by atoms with Crippen molar-refractivity contribution in [3.63, 3.8) is 0 Å². The average Bonchev–Trinajstić information content (AvgIpc) is 2.60. The molecule has 0 bridgehead atoms. The molecule has 124 valence electrons. The smallest absolute Gasteiger partial charge is 0.256 e. The molecule has 1 N–H and O–H groups in total. The van der Waals surface area contributed by atoms with Crippen LogP contribution >= 0.6 is 0 Å². The van der Waals surface area contributed by atoms with Crippen molar-refractivity contribution < 1.29 is 14.2 Å². The van der Waals surface area contributed by atoms with E-state index in [0.717, 1.165) is 16.5 Å². The molecule has 0 atom stereocenters. The van der Waals surface area contributed by atoms with Crippen molar-refractivity contribution in [3.8, 4) is 28.4 Å².